The standard InChI is InChI=1S/C21H22N4O5.Na/c1-13-12-24(2)20(29)18(19(13)28)23-21(30)22-16(11-17(26)27)14-6-5-7-15(10-14)25-8-3-4-9-25;/h3-10,12,16,18H,11H2,1-2H3,(H,26,27)(H2,22,23,30);/q;+1/p-1. The van der Waals surface area contributed by atoms with Gasteiger partial charge in [-0.2, -0.15) is 0 Å². The third kappa shape index (κ3) is 5.84. The van der Waals surface area contributed by atoms with Crippen molar-refractivity contribution in [3.05, 3.63) is 66.1 Å². The fourth-order valence-corrected chi connectivity index (χ4v) is 3.25. The van der Waals surface area contributed by atoms with Crippen LogP contribution in [0.4, 0.5) is 4.79 Å². The van der Waals surface area contributed by atoms with Crippen molar-refractivity contribution in [2.24, 2.45) is 0 Å². The van der Waals surface area contributed by atoms with Crippen LogP contribution in [-0.4, -0.2) is 46.2 Å². The molecule has 0 saturated heterocycles. The van der Waals surface area contributed by atoms with E-state index < -0.39 is 42.2 Å². The van der Waals surface area contributed by atoms with E-state index in [2.05, 4.69) is 10.6 Å². The number of Topliss-reactive ketones (excluding diaryl/α,β-unsaturated/α-hetero) is 1. The Morgan fingerprint density at radius 2 is 1.84 bits per heavy atom. The van der Waals surface area contributed by atoms with Crippen molar-refractivity contribution in [3.63, 3.8) is 0 Å². The summed E-state index contributed by atoms with van der Waals surface area (Å²) in [5.41, 5.74) is 1.64. The predicted molar refractivity (Wildman–Crippen MR) is 105 cm³/mol. The number of nitrogens with one attached hydrogen (secondary N) is 2. The molecule has 0 bridgehead atoms. The van der Waals surface area contributed by atoms with Gasteiger partial charge in [0, 0.05) is 49.3 Å². The minimum Gasteiger partial charge on any atom is -0.550 e. The molecule has 2 atom stereocenters. The average molecular weight is 432 g/mol. The summed E-state index contributed by atoms with van der Waals surface area (Å²) < 4.78 is 1.84. The quantitative estimate of drug-likeness (QED) is 0.379. The SMILES string of the molecule is CC1=CN(C)C(=O)C(NC(=O)NC(CC(=O)[O-])c2cccc(-n3cccc3)c2)C1=O.[Na+]. The molecule has 0 saturated carbocycles. The van der Waals surface area contributed by atoms with Gasteiger partial charge in [0.05, 0.1) is 6.04 Å². The van der Waals surface area contributed by atoms with E-state index in [-0.39, 0.29) is 29.6 Å². The molecule has 156 valence electrons. The number of nitrogens with zero attached hydrogens (tertiary/aromatic N) is 2. The van der Waals surface area contributed by atoms with Gasteiger partial charge in [0.15, 0.2) is 11.8 Å². The van der Waals surface area contributed by atoms with Crippen molar-refractivity contribution in [2.45, 2.75) is 25.4 Å². The zero-order chi connectivity index (χ0) is 21.8. The Labute approximate surface area is 201 Å². The number of hydrogen-bond donors (Lipinski definition) is 2. The van der Waals surface area contributed by atoms with E-state index in [0.29, 0.717) is 11.1 Å². The van der Waals surface area contributed by atoms with E-state index in [0.717, 1.165) is 5.69 Å². The van der Waals surface area contributed by atoms with E-state index in [1.165, 1.54) is 18.1 Å². The molecule has 2 heterocycles. The summed E-state index contributed by atoms with van der Waals surface area (Å²) in [4.78, 5) is 49.5. The fraction of sp³-hybridized carbons (Fsp3) is 0.238. The molecular weight excluding hydrogens is 411 g/mol. The molecule has 31 heavy (non-hydrogen) atoms. The topological polar surface area (TPSA) is 124 Å². The second-order valence-corrected chi connectivity index (χ2v) is 6.99. The molecule has 2 N–H and O–H groups in total. The Hall–Kier alpha value is -2.88. The molecule has 2 unspecified atom stereocenters. The van der Waals surface area contributed by atoms with Gasteiger partial charge in [0.1, 0.15) is 0 Å². The summed E-state index contributed by atoms with van der Waals surface area (Å²) in [7, 11) is 1.48. The number of carbonyl (C=O) groups excluding carboxylic acids is 4. The molecule has 10 heteroatoms. The first-order valence-corrected chi connectivity index (χ1v) is 9.25. The van der Waals surface area contributed by atoms with Crippen molar-refractivity contribution in [2.75, 3.05) is 7.05 Å². The number of carboxylic acids is 1. The van der Waals surface area contributed by atoms with E-state index in [9.17, 15) is 24.3 Å². The first-order valence-electron chi connectivity index (χ1n) is 9.25. The van der Waals surface area contributed by atoms with E-state index in [4.69, 9.17) is 0 Å². The average Bonchev–Trinajstić information content (AvgIpc) is 3.24. The summed E-state index contributed by atoms with van der Waals surface area (Å²) in [6.07, 6.45) is 4.58. The minimum absolute atomic E-state index is 0. The molecule has 0 radical (unpaired) electrons. The first kappa shape index (κ1) is 24.4. The van der Waals surface area contributed by atoms with E-state index >= 15 is 0 Å². The largest absolute Gasteiger partial charge is 1.00 e. The van der Waals surface area contributed by atoms with Gasteiger partial charge in [-0.3, -0.25) is 9.59 Å². The van der Waals surface area contributed by atoms with E-state index in [1.54, 1.807) is 25.1 Å². The molecule has 1 aromatic heterocycles. The van der Waals surface area contributed by atoms with Crippen LogP contribution < -0.4 is 45.3 Å². The minimum atomic E-state index is -1.37. The molecule has 3 rings (SSSR count). The van der Waals surface area contributed by atoms with Crippen LogP contribution in [-0.2, 0) is 14.4 Å². The van der Waals surface area contributed by atoms with Gasteiger partial charge in [0.2, 0.25) is 0 Å². The van der Waals surface area contributed by atoms with Gasteiger partial charge >= 0.3 is 35.6 Å². The van der Waals surface area contributed by atoms with Crippen LogP contribution in [0.5, 0.6) is 0 Å². The molecule has 1 aliphatic heterocycles. The van der Waals surface area contributed by atoms with Gasteiger partial charge in [0.25, 0.3) is 5.91 Å². The molecule has 0 spiro atoms. The van der Waals surface area contributed by atoms with Crippen LogP contribution in [0.2, 0.25) is 0 Å². The van der Waals surface area contributed by atoms with Crippen LogP contribution in [0.25, 0.3) is 5.69 Å². The maximum Gasteiger partial charge on any atom is 1.00 e. The third-order valence-corrected chi connectivity index (χ3v) is 4.76. The molecule has 1 aliphatic rings. The van der Waals surface area contributed by atoms with Gasteiger partial charge < -0.3 is 30.0 Å². The van der Waals surface area contributed by atoms with Crippen LogP contribution in [0, 0.1) is 0 Å². The first-order chi connectivity index (χ1) is 14.3. The number of amides is 3. The number of urea groups is 1. The summed E-state index contributed by atoms with van der Waals surface area (Å²) in [6.45, 7) is 1.55. The van der Waals surface area contributed by atoms with Gasteiger partial charge in [-0.25, -0.2) is 4.79 Å². The van der Waals surface area contributed by atoms with Crippen LogP contribution in [0.1, 0.15) is 24.9 Å². The molecule has 2 aromatic rings. The third-order valence-electron chi connectivity index (χ3n) is 4.76. The Bertz CT molecular complexity index is 1020. The molecule has 0 aliphatic carbocycles. The van der Waals surface area contributed by atoms with Crippen molar-refractivity contribution < 1.29 is 53.8 Å². The second kappa shape index (κ2) is 10.4. The zero-order valence-electron chi connectivity index (χ0n) is 17.5. The molecular formula is C21H21N4NaO5. The number of carbonyl (C=O) groups is 4. The summed E-state index contributed by atoms with van der Waals surface area (Å²) in [5.74, 6) is -2.44. The number of benzene rings is 1. The summed E-state index contributed by atoms with van der Waals surface area (Å²) in [6, 6.07) is 7.58. The summed E-state index contributed by atoms with van der Waals surface area (Å²) in [5, 5.41) is 16.1. The zero-order valence-corrected chi connectivity index (χ0v) is 19.5. The monoisotopic (exact) mass is 432 g/mol. The van der Waals surface area contributed by atoms with Crippen molar-refractivity contribution in [3.8, 4) is 5.69 Å². The smallest absolute Gasteiger partial charge is 0.550 e. The van der Waals surface area contributed by atoms with Gasteiger partial charge in [-0.05, 0) is 36.8 Å². The van der Waals surface area contributed by atoms with Gasteiger partial charge in [-0.1, -0.05) is 12.1 Å². The Morgan fingerprint density at radius 1 is 1.16 bits per heavy atom. The van der Waals surface area contributed by atoms with Crippen molar-refractivity contribution >= 4 is 23.7 Å². The normalized spacial score (nSPS) is 16.8. The number of ketones is 1. The molecule has 0 fully saturated rings. The second-order valence-electron chi connectivity index (χ2n) is 6.99. The number of carboxylic acid groups (broad SMARTS) is 1. The van der Waals surface area contributed by atoms with E-state index in [1.807, 2.05) is 35.2 Å². The number of rotatable bonds is 6. The van der Waals surface area contributed by atoms with Gasteiger partial charge in [-0.15, -0.1) is 0 Å². The number of hydrogen-bond acceptors (Lipinski definition) is 5. The Balaban J connectivity index is 0.00000341. The molecule has 9 nitrogen and oxygen atoms in total. The predicted octanol–water partition coefficient (Wildman–Crippen LogP) is -2.72. The number of likely N-dealkylation sites (N-methyl/N-ethyl adjacent to an activating group) is 1. The number of aliphatic carboxylic acids is 1. The van der Waals surface area contributed by atoms with Crippen molar-refractivity contribution in [1.82, 2.24) is 20.1 Å². The Kier molecular flexibility index (Phi) is 8.21. The molecule has 1 aromatic carbocycles. The summed E-state index contributed by atoms with van der Waals surface area (Å²) >= 11 is 0. The molecule has 3 amide bonds. The Morgan fingerprint density at radius 3 is 2.48 bits per heavy atom. The maximum atomic E-state index is 12.5. The van der Waals surface area contributed by atoms with Crippen LogP contribution in [0.15, 0.2) is 60.6 Å². The maximum absolute atomic E-state index is 12.5. The van der Waals surface area contributed by atoms with Crippen LogP contribution in [0.3, 0.4) is 0 Å². The van der Waals surface area contributed by atoms with Crippen molar-refractivity contribution in [1.29, 1.82) is 0 Å². The van der Waals surface area contributed by atoms with Crippen LogP contribution >= 0.6 is 0 Å². The fourth-order valence-electron chi connectivity index (χ4n) is 3.25. The number of aromatic nitrogens is 1.